The topological polar surface area (TPSA) is 35.2 Å². The van der Waals surface area contributed by atoms with E-state index >= 15 is 0 Å². The lowest BCUT2D eigenvalue weighted by atomic mass is 9.97. The predicted molar refractivity (Wildman–Crippen MR) is 82.6 cm³/mol. The third kappa shape index (κ3) is 2.99. The van der Waals surface area contributed by atoms with Crippen LogP contribution >= 0.6 is 15.9 Å². The van der Waals surface area contributed by atoms with E-state index in [0.717, 1.165) is 26.9 Å². The highest BCUT2D eigenvalue weighted by Gasteiger charge is 2.13. The van der Waals surface area contributed by atoms with Gasteiger partial charge in [0, 0.05) is 4.47 Å². The maximum atomic E-state index is 6.38. The van der Waals surface area contributed by atoms with Crippen LogP contribution in [0.1, 0.15) is 28.3 Å². The van der Waals surface area contributed by atoms with Crippen molar-refractivity contribution >= 4 is 15.9 Å². The molecule has 2 N–H and O–H groups in total. The summed E-state index contributed by atoms with van der Waals surface area (Å²) in [5.41, 5.74) is 10.9. The van der Waals surface area contributed by atoms with Gasteiger partial charge in [-0.1, -0.05) is 45.8 Å². The molecule has 0 aliphatic rings. The Hall–Kier alpha value is -1.32. The highest BCUT2D eigenvalue weighted by molar-refractivity contribution is 9.10. The highest BCUT2D eigenvalue weighted by atomic mass is 79.9. The van der Waals surface area contributed by atoms with Gasteiger partial charge in [0.25, 0.3) is 0 Å². The molecule has 0 saturated carbocycles. The summed E-state index contributed by atoms with van der Waals surface area (Å²) in [4.78, 5) is 0. The lowest BCUT2D eigenvalue weighted by Gasteiger charge is -2.16. The first-order valence-corrected chi connectivity index (χ1v) is 6.98. The van der Waals surface area contributed by atoms with E-state index in [-0.39, 0.29) is 6.04 Å². The summed E-state index contributed by atoms with van der Waals surface area (Å²) in [5, 5.41) is 0. The van der Waals surface area contributed by atoms with E-state index in [4.69, 9.17) is 10.5 Å². The van der Waals surface area contributed by atoms with Gasteiger partial charge in [0.2, 0.25) is 0 Å². The Balaban J connectivity index is 2.41. The molecule has 19 heavy (non-hydrogen) atoms. The van der Waals surface area contributed by atoms with E-state index < -0.39 is 0 Å². The van der Waals surface area contributed by atoms with Crippen LogP contribution in [0.4, 0.5) is 0 Å². The van der Waals surface area contributed by atoms with Crippen LogP contribution in [0.3, 0.4) is 0 Å². The van der Waals surface area contributed by atoms with Crippen LogP contribution < -0.4 is 10.5 Å². The monoisotopic (exact) mass is 319 g/mol. The summed E-state index contributed by atoms with van der Waals surface area (Å²) in [6, 6.07) is 12.2. The summed E-state index contributed by atoms with van der Waals surface area (Å²) >= 11 is 3.57. The molecule has 0 aliphatic heterocycles. The number of halogens is 1. The van der Waals surface area contributed by atoms with Crippen LogP contribution in [-0.2, 0) is 0 Å². The number of benzene rings is 2. The second-order valence-electron chi connectivity index (χ2n) is 4.73. The van der Waals surface area contributed by atoms with Crippen molar-refractivity contribution in [2.75, 3.05) is 7.11 Å². The fraction of sp³-hybridized carbons (Fsp3) is 0.250. The molecule has 2 aromatic rings. The molecule has 100 valence electrons. The van der Waals surface area contributed by atoms with Crippen molar-refractivity contribution in [3.05, 3.63) is 63.1 Å². The van der Waals surface area contributed by atoms with Gasteiger partial charge in [-0.05, 0) is 42.7 Å². The van der Waals surface area contributed by atoms with Gasteiger partial charge in [0.15, 0.2) is 0 Å². The molecule has 0 fully saturated rings. The minimum Gasteiger partial charge on any atom is -0.496 e. The van der Waals surface area contributed by atoms with E-state index in [0.29, 0.717) is 0 Å². The Morgan fingerprint density at radius 3 is 2.47 bits per heavy atom. The van der Waals surface area contributed by atoms with Crippen molar-refractivity contribution in [2.24, 2.45) is 5.73 Å². The molecule has 2 rings (SSSR count). The number of hydrogen-bond donors (Lipinski definition) is 1. The average Bonchev–Trinajstić information content (AvgIpc) is 2.40. The summed E-state index contributed by atoms with van der Waals surface area (Å²) in [7, 11) is 1.68. The van der Waals surface area contributed by atoms with Crippen LogP contribution in [0.25, 0.3) is 0 Å². The van der Waals surface area contributed by atoms with Gasteiger partial charge < -0.3 is 10.5 Å². The molecule has 2 aromatic carbocycles. The van der Waals surface area contributed by atoms with Crippen molar-refractivity contribution in [3.8, 4) is 5.75 Å². The summed E-state index contributed by atoms with van der Waals surface area (Å²) in [6.07, 6.45) is 0. The number of aryl methyl sites for hydroxylation is 2. The average molecular weight is 320 g/mol. The molecule has 0 aliphatic carbocycles. The Morgan fingerprint density at radius 1 is 1.11 bits per heavy atom. The smallest absolute Gasteiger partial charge is 0.121 e. The summed E-state index contributed by atoms with van der Waals surface area (Å²) < 4.78 is 6.32. The SMILES string of the molecule is COc1ccc(C(N)c2cc(C)ccc2Br)cc1C. The fourth-order valence-corrected chi connectivity index (χ4v) is 2.67. The zero-order valence-electron chi connectivity index (χ0n) is 11.4. The molecule has 1 atom stereocenters. The number of rotatable bonds is 3. The molecule has 0 bridgehead atoms. The first-order chi connectivity index (χ1) is 9.02. The van der Waals surface area contributed by atoms with E-state index in [1.165, 1.54) is 5.56 Å². The molecular weight excluding hydrogens is 302 g/mol. The molecular formula is C16H18BrNO. The van der Waals surface area contributed by atoms with Crippen LogP contribution in [0.5, 0.6) is 5.75 Å². The van der Waals surface area contributed by atoms with Crippen molar-refractivity contribution in [1.82, 2.24) is 0 Å². The van der Waals surface area contributed by atoms with E-state index in [1.54, 1.807) is 7.11 Å². The Labute approximate surface area is 122 Å². The predicted octanol–water partition coefficient (Wildman–Crippen LogP) is 4.12. The summed E-state index contributed by atoms with van der Waals surface area (Å²) in [5.74, 6) is 0.888. The molecule has 2 nitrogen and oxygen atoms in total. The van der Waals surface area contributed by atoms with E-state index in [1.807, 2.05) is 25.1 Å². The first-order valence-electron chi connectivity index (χ1n) is 6.19. The summed E-state index contributed by atoms with van der Waals surface area (Å²) in [6.45, 7) is 4.10. The third-order valence-electron chi connectivity index (χ3n) is 3.26. The largest absolute Gasteiger partial charge is 0.496 e. The molecule has 0 amide bonds. The quantitative estimate of drug-likeness (QED) is 0.923. The first kappa shape index (κ1) is 14.1. The van der Waals surface area contributed by atoms with Crippen LogP contribution in [0.15, 0.2) is 40.9 Å². The van der Waals surface area contributed by atoms with E-state index in [2.05, 4.69) is 41.1 Å². The van der Waals surface area contributed by atoms with E-state index in [9.17, 15) is 0 Å². The number of hydrogen-bond acceptors (Lipinski definition) is 2. The second-order valence-corrected chi connectivity index (χ2v) is 5.59. The Morgan fingerprint density at radius 2 is 1.84 bits per heavy atom. The lowest BCUT2D eigenvalue weighted by molar-refractivity contribution is 0.411. The zero-order chi connectivity index (χ0) is 14.0. The maximum Gasteiger partial charge on any atom is 0.121 e. The van der Waals surface area contributed by atoms with Gasteiger partial charge in [-0.25, -0.2) is 0 Å². The number of ether oxygens (including phenoxy) is 1. The van der Waals surface area contributed by atoms with Gasteiger partial charge in [-0.2, -0.15) is 0 Å². The molecule has 0 aromatic heterocycles. The number of nitrogens with two attached hydrogens (primary N) is 1. The molecule has 3 heteroatoms. The third-order valence-corrected chi connectivity index (χ3v) is 3.99. The van der Waals surface area contributed by atoms with Gasteiger partial charge in [0.1, 0.15) is 5.75 Å². The molecule has 0 saturated heterocycles. The second kappa shape index (κ2) is 5.76. The number of methoxy groups -OCH3 is 1. The van der Waals surface area contributed by atoms with Crippen molar-refractivity contribution in [2.45, 2.75) is 19.9 Å². The van der Waals surface area contributed by atoms with Gasteiger partial charge in [-0.3, -0.25) is 0 Å². The van der Waals surface area contributed by atoms with Crippen molar-refractivity contribution in [3.63, 3.8) is 0 Å². The van der Waals surface area contributed by atoms with Crippen molar-refractivity contribution in [1.29, 1.82) is 0 Å². The Kier molecular flexibility index (Phi) is 4.27. The standard InChI is InChI=1S/C16H18BrNO/c1-10-4-6-14(17)13(8-10)16(18)12-5-7-15(19-3)11(2)9-12/h4-9,16H,18H2,1-3H3. The van der Waals surface area contributed by atoms with Gasteiger partial charge in [0.05, 0.1) is 13.2 Å². The van der Waals surface area contributed by atoms with Crippen LogP contribution in [0.2, 0.25) is 0 Å². The fourth-order valence-electron chi connectivity index (χ4n) is 2.18. The zero-order valence-corrected chi connectivity index (χ0v) is 13.0. The van der Waals surface area contributed by atoms with Crippen LogP contribution in [-0.4, -0.2) is 7.11 Å². The van der Waals surface area contributed by atoms with Gasteiger partial charge in [-0.15, -0.1) is 0 Å². The van der Waals surface area contributed by atoms with Gasteiger partial charge >= 0.3 is 0 Å². The Bertz CT molecular complexity index is 595. The minimum atomic E-state index is -0.140. The molecule has 1 unspecified atom stereocenters. The highest BCUT2D eigenvalue weighted by Crippen LogP contribution is 2.30. The maximum absolute atomic E-state index is 6.38. The minimum absolute atomic E-state index is 0.140. The van der Waals surface area contributed by atoms with Crippen molar-refractivity contribution < 1.29 is 4.74 Å². The molecule has 0 radical (unpaired) electrons. The normalized spacial score (nSPS) is 12.3. The van der Waals surface area contributed by atoms with Crippen LogP contribution in [0, 0.1) is 13.8 Å². The molecule has 0 heterocycles. The lowest BCUT2D eigenvalue weighted by Crippen LogP contribution is -2.13. The molecule has 0 spiro atoms.